The highest BCUT2D eigenvalue weighted by atomic mass is 35.5. The average molecular weight is 281 g/mol. The number of nitrogens with zero attached hydrogens (tertiary/aromatic N) is 1. The van der Waals surface area contributed by atoms with Crippen molar-refractivity contribution in [1.82, 2.24) is 0 Å². The van der Waals surface area contributed by atoms with Crippen LogP contribution in [0.2, 0.25) is 5.02 Å². The summed E-state index contributed by atoms with van der Waals surface area (Å²) in [6.45, 7) is 7.10. The van der Waals surface area contributed by atoms with Gasteiger partial charge in [0.15, 0.2) is 0 Å². The number of rotatable bonds is 2. The fraction of sp³-hybridized carbons (Fsp3) is 0.429. The predicted octanol–water partition coefficient (Wildman–Crippen LogP) is 4.31. The van der Waals surface area contributed by atoms with Crippen molar-refractivity contribution in [2.45, 2.75) is 39.2 Å². The average Bonchev–Trinajstić information content (AvgIpc) is 2.25. The van der Waals surface area contributed by atoms with Gasteiger partial charge in [0.2, 0.25) is 0 Å². The molecule has 0 radical (unpaired) electrons. The molecule has 0 saturated carbocycles. The number of halogens is 1. The minimum atomic E-state index is -0.580. The van der Waals surface area contributed by atoms with Gasteiger partial charge >= 0.3 is 6.09 Å². The van der Waals surface area contributed by atoms with Gasteiger partial charge in [0, 0.05) is 5.02 Å². The summed E-state index contributed by atoms with van der Waals surface area (Å²) in [6.07, 6.45) is -0.568. The minimum absolute atomic E-state index is 0.345. The molecule has 0 spiro atoms. The Bertz CT molecular complexity index is 515. The van der Waals surface area contributed by atoms with E-state index in [2.05, 4.69) is 11.4 Å². The van der Waals surface area contributed by atoms with Crippen LogP contribution in [0.5, 0.6) is 0 Å². The summed E-state index contributed by atoms with van der Waals surface area (Å²) in [5.41, 5.74) is 0.623. The van der Waals surface area contributed by atoms with Crippen LogP contribution in [0, 0.1) is 11.3 Å². The number of benzene rings is 1. The third kappa shape index (κ3) is 4.80. The van der Waals surface area contributed by atoms with Crippen LogP contribution in [-0.2, 0) is 4.74 Å². The first-order chi connectivity index (χ1) is 8.73. The van der Waals surface area contributed by atoms with Gasteiger partial charge in [0.25, 0.3) is 0 Å². The van der Waals surface area contributed by atoms with E-state index < -0.39 is 11.7 Å². The molecule has 0 bridgehead atoms. The fourth-order valence-corrected chi connectivity index (χ4v) is 1.67. The van der Waals surface area contributed by atoms with E-state index in [0.717, 1.165) is 0 Å². The number of amides is 1. The topological polar surface area (TPSA) is 62.1 Å². The van der Waals surface area contributed by atoms with E-state index in [9.17, 15) is 4.79 Å². The summed E-state index contributed by atoms with van der Waals surface area (Å²) in [7, 11) is 0. The van der Waals surface area contributed by atoms with Gasteiger partial charge in [-0.2, -0.15) is 5.26 Å². The Balaban J connectivity index is 2.97. The molecule has 0 fully saturated rings. The lowest BCUT2D eigenvalue weighted by Gasteiger charge is -2.20. The van der Waals surface area contributed by atoms with E-state index in [-0.39, 0.29) is 5.92 Å². The summed E-state index contributed by atoms with van der Waals surface area (Å²) in [5.74, 6) is -0.345. The van der Waals surface area contributed by atoms with Crippen LogP contribution in [0.4, 0.5) is 10.5 Å². The molecule has 4 nitrogen and oxygen atoms in total. The zero-order valence-corrected chi connectivity index (χ0v) is 12.2. The zero-order chi connectivity index (χ0) is 14.6. The molecule has 0 aliphatic rings. The van der Waals surface area contributed by atoms with E-state index in [1.807, 2.05) is 0 Å². The van der Waals surface area contributed by atoms with Crippen molar-refractivity contribution in [1.29, 1.82) is 5.26 Å². The van der Waals surface area contributed by atoms with Crippen LogP contribution in [-0.4, -0.2) is 11.7 Å². The molecule has 0 aromatic heterocycles. The lowest BCUT2D eigenvalue weighted by Crippen LogP contribution is -2.27. The monoisotopic (exact) mass is 280 g/mol. The number of carbonyl (C=O) groups excluding carboxylic acids is 1. The third-order valence-electron chi connectivity index (χ3n) is 2.31. The van der Waals surface area contributed by atoms with Crippen LogP contribution in [0.3, 0.4) is 0 Å². The SMILES string of the molecule is CC(C#N)c1ccc(Cl)cc1NC(=O)OC(C)(C)C. The van der Waals surface area contributed by atoms with E-state index in [1.54, 1.807) is 45.9 Å². The molecule has 1 unspecified atom stereocenters. The Morgan fingerprint density at radius 1 is 1.47 bits per heavy atom. The highest BCUT2D eigenvalue weighted by Gasteiger charge is 2.18. The molecule has 0 aliphatic heterocycles. The second-order valence-corrected chi connectivity index (χ2v) is 5.65. The summed E-state index contributed by atoms with van der Waals surface area (Å²) in [5, 5.41) is 12.1. The zero-order valence-electron chi connectivity index (χ0n) is 11.5. The maximum atomic E-state index is 11.7. The number of ether oxygens (including phenoxy) is 1. The largest absolute Gasteiger partial charge is 0.444 e. The molecule has 1 amide bonds. The summed E-state index contributed by atoms with van der Waals surface area (Å²) in [6, 6.07) is 7.14. The molecule has 1 atom stereocenters. The van der Waals surface area contributed by atoms with E-state index in [1.165, 1.54) is 0 Å². The van der Waals surface area contributed by atoms with E-state index in [0.29, 0.717) is 16.3 Å². The second-order valence-electron chi connectivity index (χ2n) is 5.21. The lowest BCUT2D eigenvalue weighted by molar-refractivity contribution is 0.0636. The Kier molecular flexibility index (Phi) is 4.79. The molecule has 1 aromatic carbocycles. The van der Waals surface area contributed by atoms with E-state index in [4.69, 9.17) is 21.6 Å². The van der Waals surface area contributed by atoms with Gasteiger partial charge in [0.1, 0.15) is 5.60 Å². The minimum Gasteiger partial charge on any atom is -0.444 e. The van der Waals surface area contributed by atoms with Crippen molar-refractivity contribution in [3.8, 4) is 6.07 Å². The van der Waals surface area contributed by atoms with E-state index >= 15 is 0 Å². The number of anilines is 1. The van der Waals surface area contributed by atoms with Crippen LogP contribution < -0.4 is 5.32 Å². The van der Waals surface area contributed by atoms with Crippen LogP contribution >= 0.6 is 11.6 Å². The first-order valence-electron chi connectivity index (χ1n) is 5.92. The van der Waals surface area contributed by atoms with Gasteiger partial charge in [-0.15, -0.1) is 0 Å². The molecular weight excluding hydrogens is 264 g/mol. The van der Waals surface area contributed by atoms with Gasteiger partial charge in [-0.25, -0.2) is 4.79 Å². The van der Waals surface area contributed by atoms with Crippen molar-refractivity contribution < 1.29 is 9.53 Å². The maximum Gasteiger partial charge on any atom is 0.412 e. The molecule has 0 aliphatic carbocycles. The third-order valence-corrected chi connectivity index (χ3v) is 2.55. The maximum absolute atomic E-state index is 11.7. The van der Waals surface area contributed by atoms with Gasteiger partial charge in [0.05, 0.1) is 17.7 Å². The first kappa shape index (κ1) is 15.3. The number of carbonyl (C=O) groups is 1. The molecular formula is C14H17ClN2O2. The number of nitrogens with one attached hydrogen (secondary N) is 1. The van der Waals surface area contributed by atoms with Gasteiger partial charge in [-0.05, 0) is 45.4 Å². The van der Waals surface area contributed by atoms with Crippen molar-refractivity contribution in [2.75, 3.05) is 5.32 Å². The summed E-state index contributed by atoms with van der Waals surface area (Å²) >= 11 is 5.91. The van der Waals surface area contributed by atoms with Crippen LogP contribution in [0.15, 0.2) is 18.2 Å². The van der Waals surface area contributed by atoms with Gasteiger partial charge in [-0.3, -0.25) is 5.32 Å². The smallest absolute Gasteiger partial charge is 0.412 e. The Morgan fingerprint density at radius 2 is 2.11 bits per heavy atom. The first-order valence-corrected chi connectivity index (χ1v) is 6.30. The Morgan fingerprint density at radius 3 is 2.63 bits per heavy atom. The predicted molar refractivity (Wildman–Crippen MR) is 75.3 cm³/mol. The molecule has 0 saturated heterocycles. The molecule has 1 rings (SSSR count). The highest BCUT2D eigenvalue weighted by Crippen LogP contribution is 2.27. The second kappa shape index (κ2) is 5.94. The number of hydrogen-bond acceptors (Lipinski definition) is 3. The molecule has 0 heterocycles. The van der Waals surface area contributed by atoms with Gasteiger partial charge in [-0.1, -0.05) is 17.7 Å². The Labute approximate surface area is 118 Å². The lowest BCUT2D eigenvalue weighted by atomic mass is 10.0. The molecule has 1 aromatic rings. The van der Waals surface area contributed by atoms with Crippen molar-refractivity contribution in [2.24, 2.45) is 0 Å². The normalized spacial score (nSPS) is 12.4. The molecule has 102 valence electrons. The van der Waals surface area contributed by atoms with Crippen LogP contribution in [0.1, 0.15) is 39.2 Å². The summed E-state index contributed by atoms with van der Waals surface area (Å²) in [4.78, 5) is 11.7. The molecule has 19 heavy (non-hydrogen) atoms. The van der Waals surface area contributed by atoms with Gasteiger partial charge < -0.3 is 4.74 Å². The molecule has 5 heteroatoms. The van der Waals surface area contributed by atoms with Crippen LogP contribution in [0.25, 0.3) is 0 Å². The van der Waals surface area contributed by atoms with Crippen molar-refractivity contribution >= 4 is 23.4 Å². The Hall–Kier alpha value is -1.73. The number of nitriles is 1. The fourth-order valence-electron chi connectivity index (χ4n) is 1.50. The van der Waals surface area contributed by atoms with Crippen molar-refractivity contribution in [3.63, 3.8) is 0 Å². The summed E-state index contributed by atoms with van der Waals surface area (Å²) < 4.78 is 5.17. The standard InChI is InChI=1S/C14H17ClN2O2/c1-9(8-16)11-6-5-10(15)7-12(11)17-13(18)19-14(2,3)4/h5-7,9H,1-4H3,(H,17,18). The quantitative estimate of drug-likeness (QED) is 0.878. The molecule has 1 N–H and O–H groups in total. The number of hydrogen-bond donors (Lipinski definition) is 1. The van der Waals surface area contributed by atoms with Crippen molar-refractivity contribution in [3.05, 3.63) is 28.8 Å². The highest BCUT2D eigenvalue weighted by molar-refractivity contribution is 6.31.